The molecule has 0 spiro atoms. The summed E-state index contributed by atoms with van der Waals surface area (Å²) in [5.41, 5.74) is 8.51. The van der Waals surface area contributed by atoms with E-state index in [4.69, 9.17) is 5.73 Å². The van der Waals surface area contributed by atoms with E-state index in [1.54, 1.807) is 12.4 Å². The lowest BCUT2D eigenvalue weighted by Gasteiger charge is -2.04. The van der Waals surface area contributed by atoms with Crippen LogP contribution >= 0.6 is 0 Å². The molecule has 0 saturated heterocycles. The maximum atomic E-state index is 13.2. The predicted molar refractivity (Wildman–Crippen MR) is 75.8 cm³/mol. The summed E-state index contributed by atoms with van der Waals surface area (Å²) in [6.45, 7) is 1.14. The first-order valence-electron chi connectivity index (χ1n) is 6.50. The van der Waals surface area contributed by atoms with E-state index in [2.05, 4.69) is 9.97 Å². The number of nitrogens with zero attached hydrogens (tertiary/aromatic N) is 3. The first-order chi connectivity index (χ1) is 9.78. The zero-order valence-electron chi connectivity index (χ0n) is 11.0. The van der Waals surface area contributed by atoms with E-state index in [-0.39, 0.29) is 5.82 Å². The highest BCUT2D eigenvalue weighted by molar-refractivity contribution is 5.80. The number of nitrogens with two attached hydrogens (primary N) is 1. The highest BCUT2D eigenvalue weighted by Crippen LogP contribution is 2.20. The lowest BCUT2D eigenvalue weighted by atomic mass is 10.2. The molecule has 20 heavy (non-hydrogen) atoms. The molecule has 0 aromatic carbocycles. The Balaban J connectivity index is 2.03. The molecule has 0 radical (unpaired) electrons. The van der Waals surface area contributed by atoms with Crippen molar-refractivity contribution >= 4 is 11.0 Å². The fourth-order valence-electron chi connectivity index (χ4n) is 2.41. The summed E-state index contributed by atoms with van der Waals surface area (Å²) >= 11 is 0. The molecule has 0 atom stereocenters. The van der Waals surface area contributed by atoms with Gasteiger partial charge < -0.3 is 10.3 Å². The zero-order chi connectivity index (χ0) is 13.9. The second kappa shape index (κ2) is 5.38. The third-order valence-electron chi connectivity index (χ3n) is 3.24. The highest BCUT2D eigenvalue weighted by Gasteiger charge is 2.09. The lowest BCUT2D eigenvalue weighted by molar-refractivity contribution is 0.616. The number of aromatic nitrogens is 3. The van der Waals surface area contributed by atoms with Crippen molar-refractivity contribution in [3.05, 3.63) is 59.9 Å². The van der Waals surface area contributed by atoms with Gasteiger partial charge in [0, 0.05) is 24.0 Å². The van der Waals surface area contributed by atoms with Crippen molar-refractivity contribution in [3.8, 4) is 0 Å². The molecule has 102 valence electrons. The normalized spacial score (nSPS) is 11.1. The number of fused-ring (bicyclic) bond motifs is 1. The molecule has 3 aromatic heterocycles. The van der Waals surface area contributed by atoms with Gasteiger partial charge in [0.1, 0.15) is 11.5 Å². The van der Waals surface area contributed by atoms with Crippen molar-refractivity contribution in [2.45, 2.75) is 13.0 Å². The number of hydrogen-bond donors (Lipinski definition) is 1. The second-order valence-electron chi connectivity index (χ2n) is 4.71. The van der Waals surface area contributed by atoms with Crippen LogP contribution in [0.25, 0.3) is 11.0 Å². The molecule has 4 nitrogen and oxygen atoms in total. The van der Waals surface area contributed by atoms with Crippen LogP contribution < -0.4 is 5.73 Å². The molecule has 0 amide bonds. The second-order valence-corrected chi connectivity index (χ2v) is 4.71. The van der Waals surface area contributed by atoms with E-state index in [9.17, 15) is 4.39 Å². The Hall–Kier alpha value is -2.27. The van der Waals surface area contributed by atoms with E-state index in [1.165, 1.54) is 17.8 Å². The SMILES string of the molecule is NCCc1cn(Cc2cncc(F)c2)c2ncccc12. The van der Waals surface area contributed by atoms with Gasteiger partial charge in [-0.1, -0.05) is 0 Å². The van der Waals surface area contributed by atoms with Crippen LogP contribution in [-0.4, -0.2) is 21.1 Å². The van der Waals surface area contributed by atoms with Gasteiger partial charge in [-0.25, -0.2) is 9.37 Å². The Morgan fingerprint density at radius 2 is 2.20 bits per heavy atom. The topological polar surface area (TPSA) is 56.7 Å². The molecule has 3 aromatic rings. The lowest BCUT2D eigenvalue weighted by Crippen LogP contribution is -2.02. The first-order valence-corrected chi connectivity index (χ1v) is 6.50. The summed E-state index contributed by atoms with van der Waals surface area (Å²) in [7, 11) is 0. The summed E-state index contributed by atoms with van der Waals surface area (Å²) < 4.78 is 15.2. The number of halogens is 1. The molecular formula is C15H15FN4. The average Bonchev–Trinajstić information content (AvgIpc) is 2.78. The van der Waals surface area contributed by atoms with Crippen LogP contribution in [-0.2, 0) is 13.0 Å². The van der Waals surface area contributed by atoms with Crippen LogP contribution in [0.3, 0.4) is 0 Å². The van der Waals surface area contributed by atoms with E-state index < -0.39 is 0 Å². The van der Waals surface area contributed by atoms with E-state index in [0.717, 1.165) is 23.0 Å². The Morgan fingerprint density at radius 3 is 3.00 bits per heavy atom. The highest BCUT2D eigenvalue weighted by atomic mass is 19.1. The Morgan fingerprint density at radius 1 is 1.30 bits per heavy atom. The molecular weight excluding hydrogens is 255 g/mol. The van der Waals surface area contributed by atoms with Crippen LogP contribution in [0.2, 0.25) is 0 Å². The van der Waals surface area contributed by atoms with Crippen LogP contribution in [0, 0.1) is 5.82 Å². The van der Waals surface area contributed by atoms with E-state index >= 15 is 0 Å². The maximum absolute atomic E-state index is 13.2. The third kappa shape index (κ3) is 2.40. The molecule has 0 aliphatic carbocycles. The maximum Gasteiger partial charge on any atom is 0.141 e. The molecule has 0 aliphatic heterocycles. The Kier molecular flexibility index (Phi) is 3.43. The van der Waals surface area contributed by atoms with Gasteiger partial charge >= 0.3 is 0 Å². The summed E-state index contributed by atoms with van der Waals surface area (Å²) in [5.74, 6) is -0.325. The van der Waals surface area contributed by atoms with Gasteiger partial charge in [0.15, 0.2) is 0 Å². The molecule has 0 unspecified atom stereocenters. The van der Waals surface area contributed by atoms with Crippen LogP contribution in [0.15, 0.2) is 43.0 Å². The quantitative estimate of drug-likeness (QED) is 0.790. The number of rotatable bonds is 4. The summed E-state index contributed by atoms with van der Waals surface area (Å²) in [4.78, 5) is 8.29. The van der Waals surface area contributed by atoms with Crippen molar-refractivity contribution in [2.75, 3.05) is 6.54 Å². The monoisotopic (exact) mass is 270 g/mol. The van der Waals surface area contributed by atoms with Crippen LogP contribution in [0.4, 0.5) is 4.39 Å². The summed E-state index contributed by atoms with van der Waals surface area (Å²) in [5, 5.41) is 1.10. The van der Waals surface area contributed by atoms with Gasteiger partial charge in [0.25, 0.3) is 0 Å². The van der Waals surface area contributed by atoms with Crippen molar-refractivity contribution in [2.24, 2.45) is 5.73 Å². The van der Waals surface area contributed by atoms with E-state index in [0.29, 0.717) is 13.1 Å². The fraction of sp³-hybridized carbons (Fsp3) is 0.200. The molecule has 5 heteroatoms. The van der Waals surface area contributed by atoms with Crippen molar-refractivity contribution in [1.82, 2.24) is 14.5 Å². The van der Waals surface area contributed by atoms with Crippen LogP contribution in [0.1, 0.15) is 11.1 Å². The molecule has 3 rings (SSSR count). The molecule has 3 heterocycles. The molecule has 0 aliphatic rings. The third-order valence-corrected chi connectivity index (χ3v) is 3.24. The first kappa shape index (κ1) is 12.7. The summed E-state index contributed by atoms with van der Waals surface area (Å²) in [6, 6.07) is 5.44. The zero-order valence-corrected chi connectivity index (χ0v) is 11.0. The van der Waals surface area contributed by atoms with E-state index in [1.807, 2.05) is 22.9 Å². The van der Waals surface area contributed by atoms with Gasteiger partial charge in [-0.05, 0) is 42.3 Å². The number of pyridine rings is 2. The van der Waals surface area contributed by atoms with Gasteiger partial charge in [0.05, 0.1) is 12.7 Å². The van der Waals surface area contributed by atoms with Crippen molar-refractivity contribution in [3.63, 3.8) is 0 Å². The van der Waals surface area contributed by atoms with Crippen LogP contribution in [0.5, 0.6) is 0 Å². The molecule has 0 bridgehead atoms. The standard InChI is InChI=1S/C15H15FN4/c16-13-6-11(7-18-8-13)9-20-10-12(3-4-17)14-2-1-5-19-15(14)20/h1-2,5-8,10H,3-4,9,17H2. The average molecular weight is 270 g/mol. The Bertz CT molecular complexity index is 736. The smallest absolute Gasteiger partial charge is 0.141 e. The summed E-state index contributed by atoms with van der Waals surface area (Å²) in [6.07, 6.45) is 7.47. The van der Waals surface area contributed by atoms with Crippen molar-refractivity contribution in [1.29, 1.82) is 0 Å². The largest absolute Gasteiger partial charge is 0.330 e. The molecule has 0 saturated carbocycles. The number of hydrogen-bond acceptors (Lipinski definition) is 3. The molecule has 2 N–H and O–H groups in total. The van der Waals surface area contributed by atoms with Gasteiger partial charge in [0.2, 0.25) is 0 Å². The minimum absolute atomic E-state index is 0.325. The minimum Gasteiger partial charge on any atom is -0.330 e. The van der Waals surface area contributed by atoms with Crippen molar-refractivity contribution < 1.29 is 4.39 Å². The molecule has 0 fully saturated rings. The van der Waals surface area contributed by atoms with Gasteiger partial charge in [-0.15, -0.1) is 0 Å². The minimum atomic E-state index is -0.325. The van der Waals surface area contributed by atoms with Gasteiger partial charge in [-0.3, -0.25) is 4.98 Å². The predicted octanol–water partition coefficient (Wildman–Crippen LogP) is 2.12. The fourth-order valence-corrected chi connectivity index (χ4v) is 2.41. The van der Waals surface area contributed by atoms with Gasteiger partial charge in [-0.2, -0.15) is 0 Å². The Labute approximate surface area is 116 Å².